The molecule has 0 amide bonds. The van der Waals surface area contributed by atoms with Crippen molar-refractivity contribution in [1.29, 1.82) is 0 Å². The van der Waals surface area contributed by atoms with E-state index in [0.717, 1.165) is 0 Å². The van der Waals surface area contributed by atoms with Gasteiger partial charge in [0, 0.05) is 0 Å². The predicted molar refractivity (Wildman–Crippen MR) is 89.3 cm³/mol. The third kappa shape index (κ3) is 4.43. The van der Waals surface area contributed by atoms with E-state index in [1.54, 1.807) is 0 Å². The van der Waals surface area contributed by atoms with Gasteiger partial charge in [0.15, 0.2) is 0 Å². The zero-order chi connectivity index (χ0) is 14.0. The number of hydrogen-bond acceptors (Lipinski definition) is 0. The molecule has 0 heterocycles. The van der Waals surface area contributed by atoms with Crippen LogP contribution in [0.15, 0.2) is 0 Å². The number of hydrogen-bond donors (Lipinski definition) is 0. The molecule has 0 bridgehead atoms. The van der Waals surface area contributed by atoms with Crippen LogP contribution < -0.4 is 0 Å². The van der Waals surface area contributed by atoms with E-state index in [4.69, 9.17) is 4.86 Å². The Morgan fingerprint density at radius 1 is 0.588 bits per heavy atom. The Morgan fingerprint density at radius 3 is 0.882 bits per heavy atom. The van der Waals surface area contributed by atoms with E-state index in [0.29, 0.717) is 22.6 Å². The normalized spacial score (nSPS) is 14.5. The first-order valence-corrected chi connectivity index (χ1v) is 14.6. The van der Waals surface area contributed by atoms with Crippen molar-refractivity contribution in [1.82, 2.24) is 0 Å². The van der Waals surface area contributed by atoms with Gasteiger partial charge >= 0.3 is 126 Å². The monoisotopic (exact) mass is 408 g/mol. The minimum atomic E-state index is -1.32. The molecule has 0 atom stereocenters. The number of rotatable bonds is 6. The van der Waals surface area contributed by atoms with Gasteiger partial charge in [-0.2, -0.15) is 0 Å². The first-order chi connectivity index (χ1) is 7.48. The van der Waals surface area contributed by atoms with E-state index in [9.17, 15) is 0 Å². The molecule has 2 radical (unpaired) electrons. The van der Waals surface area contributed by atoms with Crippen molar-refractivity contribution >= 4 is 43.3 Å². The summed E-state index contributed by atoms with van der Waals surface area (Å²) in [6, 6.07) is 0. The molecule has 0 aliphatic heterocycles. The average Bonchev–Trinajstić information content (AvgIpc) is 2.15. The van der Waals surface area contributed by atoms with Crippen LogP contribution in [-0.4, -0.2) is 53.8 Å². The summed E-state index contributed by atoms with van der Waals surface area (Å²) in [5, 5.41) is 0. The van der Waals surface area contributed by atoms with Crippen LogP contribution in [0.1, 0.15) is 55.4 Å². The van der Waals surface area contributed by atoms with Crippen molar-refractivity contribution in [2.75, 3.05) is 0 Å². The summed E-state index contributed by atoms with van der Waals surface area (Å²) in [5.41, 5.74) is 2.58. The van der Waals surface area contributed by atoms with Gasteiger partial charge in [0.25, 0.3) is 0 Å². The summed E-state index contributed by atoms with van der Waals surface area (Å²) < 4.78 is 0. The van der Waals surface area contributed by atoms with Gasteiger partial charge in [0.2, 0.25) is 0 Å². The summed E-state index contributed by atoms with van der Waals surface area (Å²) in [5.74, 6) is 0. The molecular weight excluding hydrogens is 378 g/mol. The van der Waals surface area contributed by atoms with Crippen molar-refractivity contribution in [2.24, 2.45) is 0 Å². The Bertz CT molecular complexity index is 203. The third-order valence-corrected chi connectivity index (χ3v) is 24.8. The minimum absolute atomic E-state index is 0.646. The first kappa shape index (κ1) is 18.9. The molecule has 0 saturated carbocycles. The Labute approximate surface area is 126 Å². The summed E-state index contributed by atoms with van der Waals surface area (Å²) in [4.78, 5) is 5.45. The maximum absolute atomic E-state index is 5.45. The van der Waals surface area contributed by atoms with E-state index in [2.05, 4.69) is 86.5 Å². The van der Waals surface area contributed by atoms with Crippen molar-refractivity contribution in [2.45, 2.75) is 78.0 Å². The zero-order valence-electron chi connectivity index (χ0n) is 12.5. The molecule has 0 unspecified atom stereocenters. The van der Waals surface area contributed by atoms with Crippen molar-refractivity contribution in [3.05, 3.63) is 4.86 Å². The van der Waals surface area contributed by atoms with Crippen LogP contribution in [0.4, 0.5) is 0 Å². The summed E-state index contributed by atoms with van der Waals surface area (Å²) >= 11 is 7.01. The fourth-order valence-electron chi connectivity index (χ4n) is 1.82. The summed E-state index contributed by atoms with van der Waals surface area (Å²) in [7, 11) is 0. The van der Waals surface area contributed by atoms with Gasteiger partial charge in [0.05, 0.1) is 0 Å². The molecule has 1 nitrogen and oxygen atoms in total. The molecule has 0 aliphatic rings. The van der Waals surface area contributed by atoms with Crippen LogP contribution in [0.3, 0.4) is 0 Å². The van der Waals surface area contributed by atoms with Crippen LogP contribution in [0.2, 0.25) is 0 Å². The van der Waals surface area contributed by atoms with Crippen LogP contribution in [-0.2, 0) is 0 Å². The van der Waals surface area contributed by atoms with E-state index in [1.807, 2.05) is 0 Å². The fraction of sp³-hybridized carbons (Fsp3) is 1.00. The van der Waals surface area contributed by atoms with Gasteiger partial charge in [-0.15, -0.1) is 0 Å². The molecule has 0 N–H and O–H groups in total. The second-order valence-corrected chi connectivity index (χ2v) is 20.7. The van der Waals surface area contributed by atoms with Gasteiger partial charge in [-0.3, -0.25) is 0 Å². The van der Waals surface area contributed by atoms with Crippen LogP contribution >= 0.6 is 12.2 Å². The van der Waals surface area contributed by atoms with Crippen molar-refractivity contribution in [3.63, 3.8) is 0 Å². The maximum atomic E-state index is 5.45. The fourth-order valence-corrected chi connectivity index (χ4v) is 15.9. The predicted octanol–water partition coefficient (Wildman–Crippen LogP) is 5.03. The molecule has 5 heteroatoms. The van der Waals surface area contributed by atoms with Crippen LogP contribution in [0, 0.1) is 0 Å². The second-order valence-electron chi connectivity index (χ2n) is 5.81. The van der Waals surface area contributed by atoms with Gasteiger partial charge in [-0.25, -0.2) is 0 Å². The molecule has 0 aromatic heterocycles. The molecular formula is C12H28NP2Se2+. The molecule has 0 fully saturated rings. The van der Waals surface area contributed by atoms with E-state index in [-0.39, 0.29) is 0 Å². The topological polar surface area (TPSA) is 14.1 Å². The SMILES string of the molecule is CC(C)[P+]([Se])([N-][P+]([Se])(C(C)C)C(C)C)C(C)C. The molecule has 0 saturated heterocycles. The van der Waals surface area contributed by atoms with Gasteiger partial charge < -0.3 is 0 Å². The molecule has 0 aliphatic carbocycles. The van der Waals surface area contributed by atoms with E-state index >= 15 is 0 Å². The van der Waals surface area contributed by atoms with Gasteiger partial charge in [-0.05, 0) is 0 Å². The Kier molecular flexibility index (Phi) is 7.81. The zero-order valence-corrected chi connectivity index (χ0v) is 17.7. The Morgan fingerprint density at radius 2 is 0.765 bits per heavy atom. The van der Waals surface area contributed by atoms with Crippen LogP contribution in [0.25, 0.3) is 4.86 Å². The molecule has 0 aromatic rings. The standard InChI is InChI=1S/C12H28NP2Se2/c1-9(2)14(16,10(3)4)13-15(17,11(5)6)12(7)8/h9-12H,1-8H3/q+1. The van der Waals surface area contributed by atoms with Crippen LogP contribution in [0.5, 0.6) is 0 Å². The summed E-state index contributed by atoms with van der Waals surface area (Å²) in [6.45, 7) is 18.5. The quantitative estimate of drug-likeness (QED) is 0.434. The van der Waals surface area contributed by atoms with E-state index in [1.165, 1.54) is 0 Å². The third-order valence-electron chi connectivity index (χ3n) is 3.24. The van der Waals surface area contributed by atoms with Crippen molar-refractivity contribution in [3.8, 4) is 0 Å². The average molecular weight is 406 g/mol. The van der Waals surface area contributed by atoms with Gasteiger partial charge in [0.1, 0.15) is 0 Å². The molecule has 17 heavy (non-hydrogen) atoms. The molecule has 0 rings (SSSR count). The van der Waals surface area contributed by atoms with E-state index < -0.39 is 12.2 Å². The summed E-state index contributed by atoms with van der Waals surface area (Å²) in [6.07, 6.45) is -2.65. The molecule has 102 valence electrons. The molecule has 0 aromatic carbocycles. The molecule has 0 spiro atoms. The Hall–Kier alpha value is 1.86. The second kappa shape index (κ2) is 7.04. The Balaban J connectivity index is 5.22. The number of nitrogens with zero attached hydrogens (tertiary/aromatic N) is 1. The first-order valence-electron chi connectivity index (χ1n) is 6.42. The van der Waals surface area contributed by atoms with Crippen molar-refractivity contribution < 1.29 is 0 Å². The van der Waals surface area contributed by atoms with Gasteiger partial charge in [-0.1, -0.05) is 0 Å².